The Morgan fingerprint density at radius 1 is 1.23 bits per heavy atom. The second-order valence-electron chi connectivity index (χ2n) is 6.37. The van der Waals surface area contributed by atoms with Crippen molar-refractivity contribution in [3.05, 3.63) is 48.7 Å². The van der Waals surface area contributed by atoms with E-state index in [2.05, 4.69) is 15.0 Å². The van der Waals surface area contributed by atoms with Crippen molar-refractivity contribution in [2.75, 3.05) is 23.5 Å². The van der Waals surface area contributed by atoms with Gasteiger partial charge in [-0.1, -0.05) is 24.3 Å². The summed E-state index contributed by atoms with van der Waals surface area (Å²) in [7, 11) is 1.23. The number of pyridine rings is 1. The van der Waals surface area contributed by atoms with E-state index < -0.39 is 24.1 Å². The number of alkyl halides is 3. The molecule has 8 nitrogen and oxygen atoms in total. The Morgan fingerprint density at radius 2 is 2.00 bits per heavy atom. The molecule has 1 fully saturated rings. The number of amides is 2. The normalized spacial score (nSPS) is 16.8. The number of hydrogen-bond donors (Lipinski definition) is 0. The van der Waals surface area contributed by atoms with E-state index in [9.17, 15) is 23.2 Å². The van der Waals surface area contributed by atoms with Crippen molar-refractivity contribution in [1.29, 1.82) is 5.26 Å². The number of carbonyl (C=O) groups excluding carboxylic acids is 1. The van der Waals surface area contributed by atoms with Gasteiger partial charge in [-0.3, -0.25) is 14.8 Å². The number of urea groups is 1. The molecule has 1 atom stereocenters. The summed E-state index contributed by atoms with van der Waals surface area (Å²) < 4.78 is 44.4. The summed E-state index contributed by atoms with van der Waals surface area (Å²) in [6.07, 6.45) is -0.909. The monoisotopic (exact) mass is 414 g/mol. The van der Waals surface area contributed by atoms with E-state index in [-0.39, 0.29) is 18.1 Å². The molecule has 0 radical (unpaired) electrons. The lowest BCUT2D eigenvalue weighted by Crippen LogP contribution is -2.35. The number of aromatic nitrogens is 3. The lowest BCUT2D eigenvalue weighted by Gasteiger charge is -2.21. The lowest BCUT2D eigenvalue weighted by molar-refractivity contribution is -0.144. The third-order valence-electron chi connectivity index (χ3n) is 4.63. The molecule has 3 aromatic rings. The van der Waals surface area contributed by atoms with E-state index in [0.717, 1.165) is 16.5 Å². The van der Waals surface area contributed by atoms with Crippen LogP contribution < -0.4 is 14.5 Å². The molecule has 1 saturated heterocycles. The fraction of sp³-hybridized carbons (Fsp3) is 0.211. The Bertz CT molecular complexity index is 1170. The predicted molar refractivity (Wildman–Crippen MR) is 100.0 cm³/mol. The van der Waals surface area contributed by atoms with Gasteiger partial charge in [0.2, 0.25) is 5.82 Å². The highest BCUT2D eigenvalue weighted by atomic mass is 19.4. The van der Waals surface area contributed by atoms with Crippen LogP contribution in [0.3, 0.4) is 0 Å². The molecule has 0 aliphatic carbocycles. The van der Waals surface area contributed by atoms with Crippen LogP contribution >= 0.6 is 0 Å². The second kappa shape index (κ2) is 7.14. The van der Waals surface area contributed by atoms with Crippen LogP contribution in [0.2, 0.25) is 0 Å². The van der Waals surface area contributed by atoms with Crippen molar-refractivity contribution >= 4 is 28.3 Å². The smallest absolute Gasteiger partial charge is 0.451 e. The number of rotatable bonds is 3. The first-order chi connectivity index (χ1) is 14.3. The van der Waals surface area contributed by atoms with Gasteiger partial charge in [0, 0.05) is 17.0 Å². The van der Waals surface area contributed by atoms with Gasteiger partial charge in [0.1, 0.15) is 6.04 Å². The minimum atomic E-state index is -4.81. The lowest BCUT2D eigenvalue weighted by atomic mass is 10.1. The number of ether oxygens (including phenoxy) is 1. The zero-order chi connectivity index (χ0) is 21.5. The van der Waals surface area contributed by atoms with Gasteiger partial charge in [-0.25, -0.2) is 14.8 Å². The Kier molecular flexibility index (Phi) is 4.62. The van der Waals surface area contributed by atoms with Crippen LogP contribution in [-0.4, -0.2) is 40.7 Å². The fourth-order valence-electron chi connectivity index (χ4n) is 3.27. The van der Waals surface area contributed by atoms with Crippen molar-refractivity contribution in [2.24, 2.45) is 0 Å². The summed E-state index contributed by atoms with van der Waals surface area (Å²) >= 11 is 0. The Balaban J connectivity index is 1.82. The van der Waals surface area contributed by atoms with Gasteiger partial charge >= 0.3 is 12.2 Å². The predicted octanol–water partition coefficient (Wildman–Crippen LogP) is 3.39. The van der Waals surface area contributed by atoms with Gasteiger partial charge in [0.25, 0.3) is 0 Å². The van der Waals surface area contributed by atoms with Gasteiger partial charge in [-0.15, -0.1) is 0 Å². The number of anilines is 2. The van der Waals surface area contributed by atoms with Crippen LogP contribution in [0.15, 0.2) is 42.9 Å². The SMILES string of the molecule is COc1cnc(C(F)(F)F)nc1N1C[C@H](C#N)N(c2cncc3ccccc23)C1=O. The Labute approximate surface area is 168 Å². The molecule has 1 aromatic carbocycles. The van der Waals surface area contributed by atoms with Crippen molar-refractivity contribution < 1.29 is 22.7 Å². The highest BCUT2D eigenvalue weighted by molar-refractivity contribution is 6.11. The Hall–Kier alpha value is -3.94. The van der Waals surface area contributed by atoms with E-state index in [1.807, 2.05) is 6.07 Å². The number of nitrogens with zero attached hydrogens (tertiary/aromatic N) is 6. The molecule has 4 rings (SSSR count). The number of methoxy groups -OCH3 is 1. The third kappa shape index (κ3) is 3.12. The second-order valence-corrected chi connectivity index (χ2v) is 6.37. The van der Waals surface area contributed by atoms with E-state index in [1.165, 1.54) is 18.2 Å². The molecule has 2 aromatic heterocycles. The number of nitriles is 1. The maximum absolute atomic E-state index is 13.2. The zero-order valence-corrected chi connectivity index (χ0v) is 15.5. The highest BCUT2D eigenvalue weighted by Crippen LogP contribution is 2.37. The van der Waals surface area contributed by atoms with Gasteiger partial charge in [0.05, 0.1) is 37.8 Å². The highest BCUT2D eigenvalue weighted by Gasteiger charge is 2.43. The summed E-state index contributed by atoms with van der Waals surface area (Å²) in [5, 5.41) is 11.0. The van der Waals surface area contributed by atoms with Crippen LogP contribution in [0, 0.1) is 11.3 Å². The molecule has 0 bridgehead atoms. The first kappa shape index (κ1) is 19.4. The average Bonchev–Trinajstić information content (AvgIpc) is 3.08. The first-order valence-electron chi connectivity index (χ1n) is 8.66. The standard InChI is InChI=1S/C19H13F3N6O2/c1-30-15-9-25-17(19(20,21)22)26-16(15)27-10-12(6-23)28(18(27)29)14-8-24-7-11-4-2-3-5-13(11)14/h2-5,7-9,12H,10H2,1H3/t12-/m0/s1. The molecule has 0 N–H and O–H groups in total. The molecule has 0 spiro atoms. The average molecular weight is 414 g/mol. The number of carbonyl (C=O) groups is 1. The van der Waals surface area contributed by atoms with Crippen LogP contribution in [-0.2, 0) is 6.18 Å². The molecule has 0 unspecified atom stereocenters. The van der Waals surface area contributed by atoms with E-state index in [1.54, 1.807) is 30.5 Å². The van der Waals surface area contributed by atoms with Gasteiger partial charge in [-0.05, 0) is 0 Å². The minimum absolute atomic E-state index is 0.120. The quantitative estimate of drug-likeness (QED) is 0.652. The zero-order valence-electron chi connectivity index (χ0n) is 15.5. The van der Waals surface area contributed by atoms with Crippen LogP contribution in [0.5, 0.6) is 5.75 Å². The van der Waals surface area contributed by atoms with Crippen molar-refractivity contribution in [3.63, 3.8) is 0 Å². The minimum Gasteiger partial charge on any atom is -0.491 e. The molecule has 1 aliphatic heterocycles. The van der Waals surface area contributed by atoms with Crippen molar-refractivity contribution in [3.8, 4) is 11.8 Å². The van der Waals surface area contributed by atoms with Gasteiger partial charge in [0.15, 0.2) is 11.6 Å². The Morgan fingerprint density at radius 3 is 2.70 bits per heavy atom. The summed E-state index contributed by atoms with van der Waals surface area (Å²) in [5.41, 5.74) is 0.371. The van der Waals surface area contributed by atoms with Crippen LogP contribution in [0.25, 0.3) is 10.8 Å². The number of benzene rings is 1. The number of hydrogen-bond acceptors (Lipinski definition) is 6. The van der Waals surface area contributed by atoms with E-state index >= 15 is 0 Å². The summed E-state index contributed by atoms with van der Waals surface area (Å²) in [6, 6.07) is 7.47. The maximum atomic E-state index is 13.2. The molecule has 0 saturated carbocycles. The fourth-order valence-corrected chi connectivity index (χ4v) is 3.27. The molecule has 152 valence electrons. The molecule has 11 heteroatoms. The molecule has 1 aliphatic rings. The van der Waals surface area contributed by atoms with Gasteiger partial charge < -0.3 is 4.74 Å². The van der Waals surface area contributed by atoms with E-state index in [4.69, 9.17) is 4.74 Å². The molecule has 2 amide bonds. The summed E-state index contributed by atoms with van der Waals surface area (Å²) in [6.45, 7) is -0.205. The number of fused-ring (bicyclic) bond motifs is 1. The third-order valence-corrected chi connectivity index (χ3v) is 4.63. The van der Waals surface area contributed by atoms with Crippen LogP contribution in [0.1, 0.15) is 5.82 Å². The molecular formula is C19H13F3N6O2. The van der Waals surface area contributed by atoms with Crippen molar-refractivity contribution in [1.82, 2.24) is 15.0 Å². The molecule has 3 heterocycles. The first-order valence-corrected chi connectivity index (χ1v) is 8.66. The van der Waals surface area contributed by atoms with Gasteiger partial charge in [-0.2, -0.15) is 18.4 Å². The summed E-state index contributed by atoms with van der Waals surface area (Å²) in [4.78, 5) is 26.3. The molecule has 30 heavy (non-hydrogen) atoms. The summed E-state index contributed by atoms with van der Waals surface area (Å²) in [5.74, 6) is -1.89. The van der Waals surface area contributed by atoms with Crippen molar-refractivity contribution in [2.45, 2.75) is 12.2 Å². The van der Waals surface area contributed by atoms with E-state index in [0.29, 0.717) is 11.1 Å². The molecular weight excluding hydrogens is 401 g/mol. The largest absolute Gasteiger partial charge is 0.491 e. The number of halogens is 3. The topological polar surface area (TPSA) is 95.2 Å². The maximum Gasteiger partial charge on any atom is 0.451 e. The van der Waals surface area contributed by atoms with Crippen LogP contribution in [0.4, 0.5) is 29.5 Å².